The molecule has 0 aromatic heterocycles. The highest BCUT2D eigenvalue weighted by Crippen LogP contribution is 2.22. The number of hydrogen-bond acceptors (Lipinski definition) is 4. The Morgan fingerprint density at radius 2 is 1.72 bits per heavy atom. The molecule has 6 nitrogen and oxygen atoms in total. The van der Waals surface area contributed by atoms with Gasteiger partial charge in [0.05, 0.1) is 4.90 Å². The molecule has 1 N–H and O–H groups in total. The predicted molar refractivity (Wildman–Crippen MR) is 112 cm³/mol. The number of nitrogens with zero attached hydrogens (tertiary/aromatic N) is 1. The quantitative estimate of drug-likeness (QED) is 0.752. The summed E-state index contributed by atoms with van der Waals surface area (Å²) in [6.45, 7) is 3.47. The van der Waals surface area contributed by atoms with Crippen LogP contribution in [0.1, 0.15) is 36.8 Å². The van der Waals surface area contributed by atoms with Crippen molar-refractivity contribution in [3.05, 3.63) is 59.7 Å². The minimum atomic E-state index is -3.48. The average molecular weight is 417 g/mol. The van der Waals surface area contributed by atoms with E-state index in [0.29, 0.717) is 25.4 Å². The highest BCUT2D eigenvalue weighted by molar-refractivity contribution is 7.89. The fourth-order valence-electron chi connectivity index (χ4n) is 3.36. The van der Waals surface area contributed by atoms with Gasteiger partial charge in [0.25, 0.3) is 5.91 Å². The number of sulfonamides is 1. The molecule has 2 aromatic carbocycles. The van der Waals surface area contributed by atoms with Crippen LogP contribution in [0.2, 0.25) is 0 Å². The molecule has 1 heterocycles. The van der Waals surface area contributed by atoms with E-state index in [0.717, 1.165) is 36.8 Å². The molecule has 0 unspecified atom stereocenters. The third-order valence-corrected chi connectivity index (χ3v) is 6.88. The number of aryl methyl sites for hydroxylation is 1. The van der Waals surface area contributed by atoms with Crippen molar-refractivity contribution in [1.82, 2.24) is 9.62 Å². The fraction of sp³-hybridized carbons (Fsp3) is 0.409. The average Bonchev–Trinajstić information content (AvgIpc) is 3.01. The van der Waals surface area contributed by atoms with Crippen LogP contribution in [0, 0.1) is 6.92 Å². The maximum absolute atomic E-state index is 12.8. The van der Waals surface area contributed by atoms with Crippen molar-refractivity contribution in [3.63, 3.8) is 0 Å². The molecule has 0 aliphatic carbocycles. The van der Waals surface area contributed by atoms with Gasteiger partial charge in [0.2, 0.25) is 10.0 Å². The summed E-state index contributed by atoms with van der Waals surface area (Å²) in [4.78, 5) is 12.3. The van der Waals surface area contributed by atoms with E-state index in [1.54, 1.807) is 28.6 Å². The monoisotopic (exact) mass is 416 g/mol. The Morgan fingerprint density at radius 1 is 1.03 bits per heavy atom. The number of hydrogen-bond donors (Lipinski definition) is 1. The first-order valence-corrected chi connectivity index (χ1v) is 11.4. The third kappa shape index (κ3) is 6.05. The summed E-state index contributed by atoms with van der Waals surface area (Å²) >= 11 is 0. The molecule has 156 valence electrons. The van der Waals surface area contributed by atoms with Crippen LogP contribution in [0.25, 0.3) is 0 Å². The van der Waals surface area contributed by atoms with E-state index in [9.17, 15) is 13.2 Å². The smallest absolute Gasteiger partial charge is 0.258 e. The second kappa shape index (κ2) is 9.89. The van der Waals surface area contributed by atoms with Crippen LogP contribution >= 0.6 is 0 Å². The van der Waals surface area contributed by atoms with E-state index in [1.165, 1.54) is 0 Å². The standard InChI is InChI=1S/C22H28N2O4S/c1-18-7-6-8-19(15-18)16-23-22(25)17-28-20-9-11-21(12-10-20)29(26,27)24-13-4-2-3-5-14-24/h6-12,15H,2-5,13-14,16-17H2,1H3,(H,23,25). The van der Waals surface area contributed by atoms with Crippen molar-refractivity contribution < 1.29 is 17.9 Å². The lowest BCUT2D eigenvalue weighted by Crippen LogP contribution is -2.31. The summed E-state index contributed by atoms with van der Waals surface area (Å²) in [5.74, 6) is 0.235. The minimum Gasteiger partial charge on any atom is -0.484 e. The molecular formula is C22H28N2O4S. The van der Waals surface area contributed by atoms with Gasteiger partial charge >= 0.3 is 0 Å². The topological polar surface area (TPSA) is 75.7 Å². The van der Waals surface area contributed by atoms with Crippen LogP contribution in [0.3, 0.4) is 0 Å². The summed E-state index contributed by atoms with van der Waals surface area (Å²) in [6.07, 6.45) is 3.95. The highest BCUT2D eigenvalue weighted by atomic mass is 32.2. The molecule has 29 heavy (non-hydrogen) atoms. The van der Waals surface area contributed by atoms with Gasteiger partial charge in [0.1, 0.15) is 5.75 Å². The van der Waals surface area contributed by atoms with Crippen LogP contribution in [0.4, 0.5) is 0 Å². The summed E-state index contributed by atoms with van der Waals surface area (Å²) in [5.41, 5.74) is 2.17. The first-order chi connectivity index (χ1) is 13.9. The van der Waals surface area contributed by atoms with Crippen molar-refractivity contribution in [3.8, 4) is 5.75 Å². The molecule has 1 aliphatic rings. The van der Waals surface area contributed by atoms with Crippen LogP contribution < -0.4 is 10.1 Å². The number of amides is 1. The number of rotatable bonds is 7. The summed E-state index contributed by atoms with van der Waals surface area (Å²) < 4.78 is 32.6. The Labute approximate surface area is 172 Å². The molecular weight excluding hydrogens is 388 g/mol. The van der Waals surface area contributed by atoms with Crippen molar-refractivity contribution >= 4 is 15.9 Å². The van der Waals surface area contributed by atoms with E-state index >= 15 is 0 Å². The zero-order valence-electron chi connectivity index (χ0n) is 16.8. The molecule has 7 heteroatoms. The van der Waals surface area contributed by atoms with Gasteiger partial charge in [-0.3, -0.25) is 4.79 Å². The van der Waals surface area contributed by atoms with Gasteiger partial charge in [-0.25, -0.2) is 8.42 Å². The van der Waals surface area contributed by atoms with Gasteiger partial charge in [0, 0.05) is 19.6 Å². The van der Waals surface area contributed by atoms with E-state index in [1.807, 2.05) is 31.2 Å². The zero-order chi connectivity index (χ0) is 20.7. The largest absolute Gasteiger partial charge is 0.484 e. The van der Waals surface area contributed by atoms with E-state index in [2.05, 4.69) is 5.32 Å². The molecule has 0 bridgehead atoms. The molecule has 1 fully saturated rings. The number of nitrogens with one attached hydrogen (secondary N) is 1. The van der Waals surface area contributed by atoms with Gasteiger partial charge in [-0.2, -0.15) is 4.31 Å². The van der Waals surface area contributed by atoms with Crippen LogP contribution in [0.15, 0.2) is 53.4 Å². The first-order valence-electron chi connectivity index (χ1n) is 10.0. The maximum atomic E-state index is 12.8. The van der Waals surface area contributed by atoms with E-state index < -0.39 is 10.0 Å². The van der Waals surface area contributed by atoms with E-state index in [-0.39, 0.29) is 17.4 Å². The summed E-state index contributed by atoms with van der Waals surface area (Å²) in [5, 5.41) is 2.81. The van der Waals surface area contributed by atoms with Crippen LogP contribution in [-0.4, -0.2) is 38.3 Å². The molecule has 2 aromatic rings. The molecule has 0 saturated carbocycles. The number of benzene rings is 2. The molecule has 0 atom stereocenters. The molecule has 0 spiro atoms. The van der Waals surface area contributed by atoms with Gasteiger partial charge in [-0.05, 0) is 49.6 Å². The molecule has 1 saturated heterocycles. The molecule has 0 radical (unpaired) electrons. The second-order valence-electron chi connectivity index (χ2n) is 7.34. The normalized spacial score (nSPS) is 15.5. The van der Waals surface area contributed by atoms with Crippen LogP contribution in [-0.2, 0) is 21.4 Å². The summed E-state index contributed by atoms with van der Waals surface area (Å²) in [6, 6.07) is 14.2. The predicted octanol–water partition coefficient (Wildman–Crippen LogP) is 3.25. The SMILES string of the molecule is Cc1cccc(CNC(=O)COc2ccc(S(=O)(=O)N3CCCCCC3)cc2)c1. The number of carbonyl (C=O) groups excluding carboxylic acids is 1. The maximum Gasteiger partial charge on any atom is 0.258 e. The van der Waals surface area contributed by atoms with Gasteiger partial charge in [-0.1, -0.05) is 42.7 Å². The lowest BCUT2D eigenvalue weighted by molar-refractivity contribution is -0.123. The summed E-state index contributed by atoms with van der Waals surface area (Å²) in [7, 11) is -3.48. The zero-order valence-corrected chi connectivity index (χ0v) is 17.6. The van der Waals surface area contributed by atoms with Crippen molar-refractivity contribution in [1.29, 1.82) is 0 Å². The Morgan fingerprint density at radius 3 is 2.38 bits per heavy atom. The van der Waals surface area contributed by atoms with Crippen molar-refractivity contribution in [2.45, 2.75) is 44.0 Å². The van der Waals surface area contributed by atoms with Crippen LogP contribution in [0.5, 0.6) is 5.75 Å². The van der Waals surface area contributed by atoms with Crippen molar-refractivity contribution in [2.75, 3.05) is 19.7 Å². The first kappa shape index (κ1) is 21.3. The Hall–Kier alpha value is -2.38. The lowest BCUT2D eigenvalue weighted by Gasteiger charge is -2.20. The van der Waals surface area contributed by atoms with E-state index in [4.69, 9.17) is 4.74 Å². The minimum absolute atomic E-state index is 0.121. The molecule has 3 rings (SSSR count). The Balaban J connectivity index is 1.51. The lowest BCUT2D eigenvalue weighted by atomic mass is 10.1. The van der Waals surface area contributed by atoms with Gasteiger partial charge < -0.3 is 10.1 Å². The number of ether oxygens (including phenoxy) is 1. The van der Waals surface area contributed by atoms with Gasteiger partial charge in [-0.15, -0.1) is 0 Å². The molecule has 1 aliphatic heterocycles. The third-order valence-electron chi connectivity index (χ3n) is 4.97. The Bertz CT molecular complexity index is 918. The second-order valence-corrected chi connectivity index (χ2v) is 9.28. The molecule has 1 amide bonds. The highest BCUT2D eigenvalue weighted by Gasteiger charge is 2.25. The van der Waals surface area contributed by atoms with Crippen molar-refractivity contribution in [2.24, 2.45) is 0 Å². The Kier molecular flexibility index (Phi) is 7.28. The van der Waals surface area contributed by atoms with Gasteiger partial charge in [0.15, 0.2) is 6.61 Å². The number of carbonyl (C=O) groups is 1. The fourth-order valence-corrected chi connectivity index (χ4v) is 4.88.